The highest BCUT2D eigenvalue weighted by molar-refractivity contribution is 14.0. The quantitative estimate of drug-likeness (QED) is 0.367. The summed E-state index contributed by atoms with van der Waals surface area (Å²) in [5.74, 6) is 2.32. The molecule has 27 heavy (non-hydrogen) atoms. The van der Waals surface area contributed by atoms with E-state index in [4.69, 9.17) is 9.47 Å². The molecule has 0 amide bonds. The summed E-state index contributed by atoms with van der Waals surface area (Å²) in [7, 11) is 7.12. The van der Waals surface area contributed by atoms with Gasteiger partial charge in [-0.05, 0) is 44.0 Å². The molecular formula is C19H29IN4O2S. The Morgan fingerprint density at radius 2 is 1.81 bits per heavy atom. The van der Waals surface area contributed by atoms with Crippen molar-refractivity contribution in [1.82, 2.24) is 15.2 Å². The maximum Gasteiger partial charge on any atom is 0.193 e. The van der Waals surface area contributed by atoms with Gasteiger partial charge in [0.2, 0.25) is 0 Å². The van der Waals surface area contributed by atoms with Crippen LogP contribution in [0.5, 0.6) is 11.5 Å². The van der Waals surface area contributed by atoms with Crippen molar-refractivity contribution in [1.29, 1.82) is 0 Å². The van der Waals surface area contributed by atoms with E-state index in [1.54, 1.807) is 32.6 Å². The number of benzene rings is 1. The van der Waals surface area contributed by atoms with Crippen molar-refractivity contribution in [3.05, 3.63) is 38.8 Å². The van der Waals surface area contributed by atoms with Crippen LogP contribution in [0.1, 0.15) is 26.7 Å². The van der Waals surface area contributed by atoms with E-state index in [0.717, 1.165) is 45.8 Å². The van der Waals surface area contributed by atoms with Crippen molar-refractivity contribution < 1.29 is 9.47 Å². The Kier molecular flexibility index (Phi) is 9.31. The zero-order valence-electron chi connectivity index (χ0n) is 17.0. The van der Waals surface area contributed by atoms with E-state index in [1.807, 2.05) is 33.0 Å². The topological polar surface area (TPSA) is 59.0 Å². The molecule has 1 N–H and O–H groups in total. The van der Waals surface area contributed by atoms with Gasteiger partial charge in [-0.25, -0.2) is 4.98 Å². The minimum Gasteiger partial charge on any atom is -0.493 e. The number of aromatic nitrogens is 1. The summed E-state index contributed by atoms with van der Waals surface area (Å²) in [4.78, 5) is 12.2. The Balaban J connectivity index is 0.00000364. The van der Waals surface area contributed by atoms with Crippen LogP contribution in [-0.4, -0.2) is 44.2 Å². The molecular weight excluding hydrogens is 475 g/mol. The fourth-order valence-electron chi connectivity index (χ4n) is 2.81. The summed E-state index contributed by atoms with van der Waals surface area (Å²) in [6.07, 6.45) is 0. The molecule has 0 bridgehead atoms. The van der Waals surface area contributed by atoms with Crippen molar-refractivity contribution in [2.45, 2.75) is 33.9 Å². The van der Waals surface area contributed by atoms with Crippen LogP contribution >= 0.6 is 35.3 Å². The Hall–Kier alpha value is -1.55. The molecule has 0 spiro atoms. The van der Waals surface area contributed by atoms with E-state index in [1.165, 1.54) is 4.88 Å². The Bertz CT molecular complexity index is 792. The number of aryl methyl sites for hydroxylation is 3. The summed E-state index contributed by atoms with van der Waals surface area (Å²) in [5, 5.41) is 4.51. The van der Waals surface area contributed by atoms with Crippen LogP contribution in [0.15, 0.2) is 17.1 Å². The molecule has 0 fully saturated rings. The van der Waals surface area contributed by atoms with E-state index in [9.17, 15) is 0 Å². The number of thiazole rings is 1. The van der Waals surface area contributed by atoms with Crippen LogP contribution in [0, 0.1) is 20.8 Å². The first-order chi connectivity index (χ1) is 12.4. The molecule has 1 aromatic carbocycles. The highest BCUT2D eigenvalue weighted by Gasteiger charge is 2.13. The van der Waals surface area contributed by atoms with Crippen molar-refractivity contribution in [2.75, 3.05) is 28.3 Å². The van der Waals surface area contributed by atoms with Crippen molar-refractivity contribution in [3.63, 3.8) is 0 Å². The van der Waals surface area contributed by atoms with Gasteiger partial charge in [0.15, 0.2) is 17.5 Å². The lowest BCUT2D eigenvalue weighted by molar-refractivity contribution is 0.353. The van der Waals surface area contributed by atoms with Crippen LogP contribution in [0.4, 0.5) is 0 Å². The number of guanidine groups is 1. The largest absolute Gasteiger partial charge is 0.493 e. The molecule has 150 valence electrons. The third-order valence-electron chi connectivity index (χ3n) is 4.23. The maximum atomic E-state index is 5.43. The van der Waals surface area contributed by atoms with Crippen LogP contribution in [0.3, 0.4) is 0 Å². The third-order valence-corrected chi connectivity index (χ3v) is 5.30. The van der Waals surface area contributed by atoms with Gasteiger partial charge in [0, 0.05) is 25.5 Å². The Labute approximate surface area is 183 Å². The van der Waals surface area contributed by atoms with Gasteiger partial charge < -0.3 is 19.7 Å². The number of methoxy groups -OCH3 is 2. The smallest absolute Gasteiger partial charge is 0.193 e. The molecule has 2 rings (SSSR count). The molecule has 8 heteroatoms. The SMILES string of the molecule is CN=C(NCc1sc(C)nc1C)N(C)Cc1cc(OC)c(OC)cc1C.I. The molecule has 2 aromatic rings. The number of aliphatic imine (C=N–C) groups is 1. The standard InChI is InChI=1S/C19H28N4O2S.HI/c1-12-8-16(24-6)17(25-7)9-15(12)11-23(5)19(20-4)21-10-18-13(2)22-14(3)26-18;/h8-9H,10-11H2,1-7H3,(H,20,21);1H. The number of ether oxygens (including phenoxy) is 2. The van der Waals surface area contributed by atoms with Gasteiger partial charge in [0.05, 0.1) is 31.5 Å². The van der Waals surface area contributed by atoms with Gasteiger partial charge in [-0.2, -0.15) is 0 Å². The average molecular weight is 504 g/mol. The first kappa shape index (κ1) is 23.5. The summed E-state index contributed by atoms with van der Waals surface area (Å²) >= 11 is 1.72. The molecule has 6 nitrogen and oxygen atoms in total. The molecule has 1 aromatic heterocycles. The van der Waals surface area contributed by atoms with E-state index >= 15 is 0 Å². The second-order valence-electron chi connectivity index (χ2n) is 6.13. The van der Waals surface area contributed by atoms with Gasteiger partial charge in [0.1, 0.15) is 0 Å². The summed E-state index contributed by atoms with van der Waals surface area (Å²) < 4.78 is 10.8. The maximum absolute atomic E-state index is 5.43. The van der Waals surface area contributed by atoms with Crippen molar-refractivity contribution in [3.8, 4) is 11.5 Å². The van der Waals surface area contributed by atoms with Crippen LogP contribution in [0.2, 0.25) is 0 Å². The van der Waals surface area contributed by atoms with E-state index in [0.29, 0.717) is 6.54 Å². The lowest BCUT2D eigenvalue weighted by atomic mass is 10.1. The highest BCUT2D eigenvalue weighted by atomic mass is 127. The first-order valence-electron chi connectivity index (χ1n) is 8.45. The Morgan fingerprint density at radius 1 is 1.19 bits per heavy atom. The van der Waals surface area contributed by atoms with Crippen LogP contribution < -0.4 is 14.8 Å². The minimum absolute atomic E-state index is 0. The normalized spacial score (nSPS) is 11.0. The van der Waals surface area contributed by atoms with Gasteiger partial charge in [-0.1, -0.05) is 0 Å². The van der Waals surface area contributed by atoms with Crippen molar-refractivity contribution in [2.24, 2.45) is 4.99 Å². The number of rotatable bonds is 6. The minimum atomic E-state index is 0. The van der Waals surface area contributed by atoms with Gasteiger partial charge >= 0.3 is 0 Å². The molecule has 0 atom stereocenters. The predicted octanol–water partition coefficient (Wildman–Crippen LogP) is 3.91. The molecule has 0 radical (unpaired) electrons. The number of nitrogens with zero attached hydrogens (tertiary/aromatic N) is 3. The summed E-state index contributed by atoms with van der Waals surface area (Å²) in [5.41, 5.74) is 3.39. The number of halogens is 1. The molecule has 1 heterocycles. The molecule has 0 aliphatic heterocycles. The zero-order valence-corrected chi connectivity index (χ0v) is 20.2. The van der Waals surface area contributed by atoms with Gasteiger partial charge in [-0.15, -0.1) is 35.3 Å². The fraction of sp³-hybridized carbons (Fsp3) is 0.474. The lowest BCUT2D eigenvalue weighted by Gasteiger charge is -2.23. The molecule has 0 unspecified atom stereocenters. The average Bonchev–Trinajstić information content (AvgIpc) is 2.94. The number of hydrogen-bond donors (Lipinski definition) is 1. The molecule has 0 aliphatic carbocycles. The second kappa shape index (κ2) is 10.7. The van der Waals surface area contributed by atoms with Gasteiger partial charge in [0.25, 0.3) is 0 Å². The number of nitrogens with one attached hydrogen (secondary N) is 1. The molecule has 0 aliphatic rings. The monoisotopic (exact) mass is 504 g/mol. The lowest BCUT2D eigenvalue weighted by Crippen LogP contribution is -2.38. The van der Waals surface area contributed by atoms with Crippen LogP contribution in [0.25, 0.3) is 0 Å². The first-order valence-corrected chi connectivity index (χ1v) is 9.27. The fourth-order valence-corrected chi connectivity index (χ4v) is 3.68. The van der Waals surface area contributed by atoms with Gasteiger partial charge in [-0.3, -0.25) is 4.99 Å². The van der Waals surface area contributed by atoms with E-state index < -0.39 is 0 Å². The molecule has 0 saturated carbocycles. The second-order valence-corrected chi connectivity index (χ2v) is 7.42. The highest BCUT2D eigenvalue weighted by Crippen LogP contribution is 2.30. The van der Waals surface area contributed by atoms with Crippen LogP contribution in [-0.2, 0) is 13.1 Å². The number of hydrogen-bond acceptors (Lipinski definition) is 5. The Morgan fingerprint density at radius 3 is 2.33 bits per heavy atom. The molecule has 0 saturated heterocycles. The third kappa shape index (κ3) is 5.97. The predicted molar refractivity (Wildman–Crippen MR) is 123 cm³/mol. The summed E-state index contributed by atoms with van der Waals surface area (Å²) in [6, 6.07) is 4.02. The summed E-state index contributed by atoms with van der Waals surface area (Å²) in [6.45, 7) is 7.58. The van der Waals surface area contributed by atoms with E-state index in [-0.39, 0.29) is 24.0 Å². The zero-order chi connectivity index (χ0) is 19.3. The van der Waals surface area contributed by atoms with E-state index in [2.05, 4.69) is 27.1 Å². The van der Waals surface area contributed by atoms with Crippen molar-refractivity contribution >= 4 is 41.3 Å².